The van der Waals surface area contributed by atoms with Crippen molar-refractivity contribution >= 4 is 23.5 Å². The molecule has 2 aliphatic rings. The second-order valence-electron chi connectivity index (χ2n) is 6.50. The van der Waals surface area contributed by atoms with E-state index in [0.717, 1.165) is 5.56 Å². The van der Waals surface area contributed by atoms with Crippen molar-refractivity contribution in [1.82, 2.24) is 4.90 Å². The lowest BCUT2D eigenvalue weighted by atomic mass is 9.92. The van der Waals surface area contributed by atoms with Gasteiger partial charge in [-0.05, 0) is 42.0 Å². The van der Waals surface area contributed by atoms with Crippen LogP contribution < -0.4 is 9.47 Å². The zero-order valence-corrected chi connectivity index (χ0v) is 14.8. The molecule has 3 aromatic rings. The Morgan fingerprint density at radius 2 is 1.71 bits per heavy atom. The number of hydrogen-bond donors (Lipinski definition) is 0. The topological polar surface area (TPSA) is 69.0 Å². The first-order chi connectivity index (χ1) is 13.7. The van der Waals surface area contributed by atoms with Gasteiger partial charge in [0.1, 0.15) is 5.76 Å². The minimum Gasteiger partial charge on any atom is -0.465 e. The summed E-state index contributed by atoms with van der Waals surface area (Å²) in [6, 6.07) is 16.0. The molecule has 5 rings (SSSR count). The van der Waals surface area contributed by atoms with Crippen LogP contribution in [0.1, 0.15) is 27.2 Å². The van der Waals surface area contributed by atoms with E-state index in [-0.39, 0.29) is 25.2 Å². The van der Waals surface area contributed by atoms with Gasteiger partial charge in [-0.1, -0.05) is 24.3 Å². The standard InChI is InChI=1S/C22H15NO5/c24-21-17-6-2-1-5-16(17)18(11-15-4-3-9-26-15)22(25)23(21)12-14-7-8-19-20(10-14)28-13-27-19/h1-11H,12-13H2/b18-11+. The van der Waals surface area contributed by atoms with E-state index in [9.17, 15) is 9.59 Å². The molecule has 0 N–H and O–H groups in total. The molecule has 2 aliphatic heterocycles. The molecule has 28 heavy (non-hydrogen) atoms. The summed E-state index contributed by atoms with van der Waals surface area (Å²) < 4.78 is 16.1. The van der Waals surface area contributed by atoms with E-state index in [0.29, 0.717) is 34.0 Å². The van der Waals surface area contributed by atoms with Crippen LogP contribution in [0.5, 0.6) is 11.5 Å². The number of amides is 2. The molecule has 0 radical (unpaired) electrons. The molecular formula is C22H15NO5. The van der Waals surface area contributed by atoms with Crippen LogP contribution >= 0.6 is 0 Å². The van der Waals surface area contributed by atoms with Gasteiger partial charge in [0, 0.05) is 11.1 Å². The zero-order chi connectivity index (χ0) is 19.1. The summed E-state index contributed by atoms with van der Waals surface area (Å²) in [7, 11) is 0. The maximum atomic E-state index is 13.2. The van der Waals surface area contributed by atoms with Gasteiger partial charge < -0.3 is 13.9 Å². The molecule has 0 saturated carbocycles. The van der Waals surface area contributed by atoms with Gasteiger partial charge in [-0.2, -0.15) is 0 Å². The maximum absolute atomic E-state index is 13.2. The van der Waals surface area contributed by atoms with Crippen molar-refractivity contribution in [3.8, 4) is 11.5 Å². The van der Waals surface area contributed by atoms with E-state index in [2.05, 4.69) is 0 Å². The minimum atomic E-state index is -0.363. The van der Waals surface area contributed by atoms with Crippen molar-refractivity contribution in [3.05, 3.63) is 83.3 Å². The number of fused-ring (bicyclic) bond motifs is 2. The average Bonchev–Trinajstić information content (AvgIpc) is 3.40. The Bertz CT molecular complexity index is 1110. The number of imide groups is 1. The number of nitrogens with zero attached hydrogens (tertiary/aromatic N) is 1. The Kier molecular flexibility index (Phi) is 3.76. The Hall–Kier alpha value is -3.80. The highest BCUT2D eigenvalue weighted by Gasteiger charge is 2.35. The van der Waals surface area contributed by atoms with Crippen LogP contribution in [0, 0.1) is 0 Å². The number of carbonyl (C=O) groups is 2. The molecule has 0 atom stereocenters. The average molecular weight is 373 g/mol. The van der Waals surface area contributed by atoms with Gasteiger partial charge in [0.05, 0.1) is 18.4 Å². The summed E-state index contributed by atoms with van der Waals surface area (Å²) in [5.74, 6) is 1.13. The van der Waals surface area contributed by atoms with Crippen LogP contribution in [0.15, 0.2) is 65.3 Å². The molecule has 0 fully saturated rings. The number of benzene rings is 2. The van der Waals surface area contributed by atoms with Crippen LogP contribution in [0.2, 0.25) is 0 Å². The molecule has 2 aromatic carbocycles. The Morgan fingerprint density at radius 3 is 2.54 bits per heavy atom. The molecule has 3 heterocycles. The van der Waals surface area contributed by atoms with Gasteiger partial charge >= 0.3 is 0 Å². The number of ether oxygens (including phenoxy) is 2. The third-order valence-electron chi connectivity index (χ3n) is 4.78. The molecule has 138 valence electrons. The first-order valence-corrected chi connectivity index (χ1v) is 8.80. The predicted molar refractivity (Wildman–Crippen MR) is 100 cm³/mol. The first kappa shape index (κ1) is 16.4. The molecule has 6 nitrogen and oxygen atoms in total. The summed E-state index contributed by atoms with van der Waals surface area (Å²) in [5.41, 5.74) is 2.30. The number of carbonyl (C=O) groups excluding carboxylic acids is 2. The number of furan rings is 1. The smallest absolute Gasteiger partial charge is 0.261 e. The molecular weight excluding hydrogens is 358 g/mol. The van der Waals surface area contributed by atoms with Gasteiger partial charge in [0.15, 0.2) is 11.5 Å². The van der Waals surface area contributed by atoms with Gasteiger partial charge in [-0.25, -0.2) is 0 Å². The maximum Gasteiger partial charge on any atom is 0.261 e. The summed E-state index contributed by atoms with van der Waals surface area (Å²) in [6.45, 7) is 0.307. The zero-order valence-electron chi connectivity index (χ0n) is 14.8. The minimum absolute atomic E-state index is 0.137. The molecule has 0 spiro atoms. The summed E-state index contributed by atoms with van der Waals surface area (Å²) in [6.07, 6.45) is 3.21. The van der Waals surface area contributed by atoms with Crippen LogP contribution in [0.25, 0.3) is 11.6 Å². The summed E-state index contributed by atoms with van der Waals surface area (Å²) >= 11 is 0. The Balaban J connectivity index is 1.55. The normalized spacial score (nSPS) is 16.6. The third-order valence-corrected chi connectivity index (χ3v) is 4.78. The second-order valence-corrected chi connectivity index (χ2v) is 6.50. The van der Waals surface area contributed by atoms with Crippen molar-refractivity contribution in [3.63, 3.8) is 0 Å². The van der Waals surface area contributed by atoms with Crippen LogP contribution in [0.4, 0.5) is 0 Å². The molecule has 6 heteroatoms. The third kappa shape index (κ3) is 2.66. The summed E-state index contributed by atoms with van der Waals surface area (Å²) in [5, 5.41) is 0. The molecule has 0 bridgehead atoms. The van der Waals surface area contributed by atoms with Crippen molar-refractivity contribution in [2.24, 2.45) is 0 Å². The predicted octanol–water partition coefficient (Wildman–Crippen LogP) is 3.73. The van der Waals surface area contributed by atoms with Crippen molar-refractivity contribution in [2.75, 3.05) is 6.79 Å². The fourth-order valence-electron chi connectivity index (χ4n) is 3.42. The fourth-order valence-corrected chi connectivity index (χ4v) is 3.42. The van der Waals surface area contributed by atoms with E-state index < -0.39 is 0 Å². The highest BCUT2D eigenvalue weighted by Crippen LogP contribution is 2.35. The monoisotopic (exact) mass is 373 g/mol. The van der Waals surface area contributed by atoms with Gasteiger partial charge in [-0.3, -0.25) is 14.5 Å². The first-order valence-electron chi connectivity index (χ1n) is 8.80. The molecule has 0 saturated heterocycles. The van der Waals surface area contributed by atoms with Crippen LogP contribution in [-0.4, -0.2) is 23.5 Å². The van der Waals surface area contributed by atoms with Gasteiger partial charge in [0.25, 0.3) is 11.8 Å². The van der Waals surface area contributed by atoms with E-state index in [1.807, 2.05) is 12.1 Å². The van der Waals surface area contributed by atoms with Crippen LogP contribution in [0.3, 0.4) is 0 Å². The second kappa shape index (κ2) is 6.42. The molecule has 2 amide bonds. The van der Waals surface area contributed by atoms with Crippen molar-refractivity contribution < 1.29 is 23.5 Å². The summed E-state index contributed by atoms with van der Waals surface area (Å²) in [4.78, 5) is 27.5. The quantitative estimate of drug-likeness (QED) is 0.517. The highest BCUT2D eigenvalue weighted by atomic mass is 16.7. The van der Waals surface area contributed by atoms with Crippen molar-refractivity contribution in [2.45, 2.75) is 6.54 Å². The van der Waals surface area contributed by atoms with Gasteiger partial charge in [-0.15, -0.1) is 0 Å². The SMILES string of the molecule is O=C1/C(=C/c2ccco2)c2ccccc2C(=O)N1Cc1ccc2c(c1)OCO2. The van der Waals surface area contributed by atoms with Gasteiger partial charge in [0.2, 0.25) is 6.79 Å². The molecule has 1 aromatic heterocycles. The number of rotatable bonds is 3. The Labute approximate surface area is 160 Å². The van der Waals surface area contributed by atoms with Crippen molar-refractivity contribution in [1.29, 1.82) is 0 Å². The van der Waals surface area contributed by atoms with E-state index in [1.54, 1.807) is 54.8 Å². The molecule has 0 unspecified atom stereocenters. The molecule has 0 aliphatic carbocycles. The van der Waals surface area contributed by atoms with Crippen LogP contribution in [-0.2, 0) is 11.3 Å². The van der Waals surface area contributed by atoms with E-state index >= 15 is 0 Å². The lowest BCUT2D eigenvalue weighted by molar-refractivity contribution is -0.123. The highest BCUT2D eigenvalue weighted by molar-refractivity contribution is 6.33. The number of hydrogen-bond acceptors (Lipinski definition) is 5. The lowest BCUT2D eigenvalue weighted by Crippen LogP contribution is -2.41. The lowest BCUT2D eigenvalue weighted by Gasteiger charge is -2.28. The van der Waals surface area contributed by atoms with E-state index in [1.165, 1.54) is 4.90 Å². The largest absolute Gasteiger partial charge is 0.465 e. The van der Waals surface area contributed by atoms with E-state index in [4.69, 9.17) is 13.9 Å². The Morgan fingerprint density at radius 1 is 0.893 bits per heavy atom. The fraction of sp³-hybridized carbons (Fsp3) is 0.0909.